The molecule has 3 N–H and O–H groups in total. The highest BCUT2D eigenvalue weighted by Crippen LogP contribution is 2.17. The van der Waals surface area contributed by atoms with Crippen molar-refractivity contribution in [3.05, 3.63) is 29.8 Å². The van der Waals surface area contributed by atoms with Gasteiger partial charge in [-0.1, -0.05) is 0 Å². The molecule has 1 aromatic carbocycles. The molecular weight excluding hydrogens is 312 g/mol. The first-order valence-electron chi connectivity index (χ1n) is 8.06. The van der Waals surface area contributed by atoms with Crippen molar-refractivity contribution in [3.8, 4) is 0 Å². The van der Waals surface area contributed by atoms with Gasteiger partial charge in [-0.05, 0) is 43.5 Å². The van der Waals surface area contributed by atoms with Crippen LogP contribution in [0.4, 0.5) is 5.69 Å². The van der Waals surface area contributed by atoms with Crippen molar-refractivity contribution in [3.63, 3.8) is 0 Å². The quantitative estimate of drug-likeness (QED) is 0.705. The fourth-order valence-electron chi connectivity index (χ4n) is 2.48. The van der Waals surface area contributed by atoms with Gasteiger partial charge in [-0.25, -0.2) is 0 Å². The van der Waals surface area contributed by atoms with Gasteiger partial charge in [-0.15, -0.1) is 0 Å². The SMILES string of the molecule is O=C(O)CCNC(=O)c1ccc(NC(=O)CC2CCCCO2)cc1. The van der Waals surface area contributed by atoms with Crippen LogP contribution in [0.5, 0.6) is 0 Å². The Morgan fingerprint density at radius 3 is 2.54 bits per heavy atom. The van der Waals surface area contributed by atoms with Crippen molar-refractivity contribution in [1.82, 2.24) is 5.32 Å². The van der Waals surface area contributed by atoms with Gasteiger partial charge in [0.25, 0.3) is 5.91 Å². The number of anilines is 1. The predicted octanol–water partition coefficient (Wildman–Crippen LogP) is 1.79. The van der Waals surface area contributed by atoms with E-state index in [-0.39, 0.29) is 30.9 Å². The highest BCUT2D eigenvalue weighted by atomic mass is 16.5. The molecule has 7 nitrogen and oxygen atoms in total. The van der Waals surface area contributed by atoms with Crippen molar-refractivity contribution in [2.24, 2.45) is 0 Å². The van der Waals surface area contributed by atoms with E-state index in [1.54, 1.807) is 24.3 Å². The second kappa shape index (κ2) is 9.02. The number of carboxylic acid groups (broad SMARTS) is 1. The minimum atomic E-state index is -0.963. The molecule has 0 saturated carbocycles. The fraction of sp³-hybridized carbons (Fsp3) is 0.471. The summed E-state index contributed by atoms with van der Waals surface area (Å²) >= 11 is 0. The van der Waals surface area contributed by atoms with Gasteiger partial charge in [-0.3, -0.25) is 14.4 Å². The Bertz CT molecular complexity index is 579. The molecule has 7 heteroatoms. The minimum absolute atomic E-state index is 0.0157. The lowest BCUT2D eigenvalue weighted by Gasteiger charge is -2.21. The maximum atomic E-state index is 12.0. The molecule has 1 aliphatic rings. The lowest BCUT2D eigenvalue weighted by atomic mass is 10.1. The van der Waals surface area contributed by atoms with Gasteiger partial charge in [-0.2, -0.15) is 0 Å². The van der Waals surface area contributed by atoms with Crippen molar-refractivity contribution >= 4 is 23.5 Å². The van der Waals surface area contributed by atoms with E-state index in [0.29, 0.717) is 24.3 Å². The zero-order valence-corrected chi connectivity index (χ0v) is 13.4. The maximum Gasteiger partial charge on any atom is 0.305 e. The monoisotopic (exact) mass is 334 g/mol. The highest BCUT2D eigenvalue weighted by Gasteiger charge is 2.17. The van der Waals surface area contributed by atoms with Crippen LogP contribution in [-0.4, -0.2) is 42.1 Å². The standard InChI is InChI=1S/C17H22N2O5/c20-15(11-14-3-1-2-10-24-14)19-13-6-4-12(5-7-13)17(23)18-9-8-16(21)22/h4-7,14H,1-3,8-11H2,(H,18,23)(H,19,20)(H,21,22). The summed E-state index contributed by atoms with van der Waals surface area (Å²) in [6, 6.07) is 6.46. The van der Waals surface area contributed by atoms with Crippen LogP contribution in [0.15, 0.2) is 24.3 Å². The summed E-state index contributed by atoms with van der Waals surface area (Å²) in [6.45, 7) is 0.789. The molecule has 1 atom stereocenters. The first-order chi connectivity index (χ1) is 11.5. The predicted molar refractivity (Wildman–Crippen MR) is 87.9 cm³/mol. The zero-order valence-electron chi connectivity index (χ0n) is 13.4. The van der Waals surface area contributed by atoms with Crippen LogP contribution in [0.3, 0.4) is 0 Å². The van der Waals surface area contributed by atoms with Gasteiger partial charge in [0.15, 0.2) is 0 Å². The molecule has 1 heterocycles. The molecule has 24 heavy (non-hydrogen) atoms. The number of nitrogens with one attached hydrogen (secondary N) is 2. The third kappa shape index (κ3) is 6.00. The van der Waals surface area contributed by atoms with Crippen molar-refractivity contribution in [2.45, 2.75) is 38.2 Å². The number of carboxylic acids is 1. The molecule has 1 fully saturated rings. The maximum absolute atomic E-state index is 12.0. The van der Waals surface area contributed by atoms with Crippen LogP contribution < -0.4 is 10.6 Å². The van der Waals surface area contributed by atoms with Gasteiger partial charge in [0.1, 0.15) is 0 Å². The van der Waals surface area contributed by atoms with Gasteiger partial charge >= 0.3 is 5.97 Å². The first-order valence-corrected chi connectivity index (χ1v) is 8.06. The summed E-state index contributed by atoms with van der Waals surface area (Å²) in [5.74, 6) is -1.42. The molecule has 130 valence electrons. The summed E-state index contributed by atoms with van der Waals surface area (Å²) in [4.78, 5) is 34.2. The number of benzene rings is 1. The lowest BCUT2D eigenvalue weighted by Crippen LogP contribution is -2.26. The number of ether oxygens (including phenoxy) is 1. The average molecular weight is 334 g/mol. The van der Waals surface area contributed by atoms with E-state index in [0.717, 1.165) is 19.3 Å². The normalized spacial score (nSPS) is 17.1. The number of rotatable bonds is 7. The summed E-state index contributed by atoms with van der Waals surface area (Å²) in [5, 5.41) is 13.8. The first kappa shape index (κ1) is 17.9. The number of hydrogen-bond acceptors (Lipinski definition) is 4. The number of amides is 2. The average Bonchev–Trinajstić information content (AvgIpc) is 2.56. The summed E-state index contributed by atoms with van der Waals surface area (Å²) in [6.07, 6.45) is 3.24. The van der Waals surface area contributed by atoms with E-state index >= 15 is 0 Å². The molecular formula is C17H22N2O5. The number of aliphatic carboxylic acids is 1. The van der Waals surface area contributed by atoms with Crippen molar-refractivity contribution in [1.29, 1.82) is 0 Å². The second-order valence-electron chi connectivity index (χ2n) is 5.72. The Morgan fingerprint density at radius 2 is 1.92 bits per heavy atom. The third-order valence-corrected chi connectivity index (χ3v) is 3.74. The summed E-state index contributed by atoms with van der Waals surface area (Å²) in [5.41, 5.74) is 1.02. The van der Waals surface area contributed by atoms with Crippen LogP contribution in [0.1, 0.15) is 42.5 Å². The molecule has 2 rings (SSSR count). The Balaban J connectivity index is 1.79. The van der Waals surface area contributed by atoms with Gasteiger partial charge in [0.2, 0.25) is 5.91 Å². The summed E-state index contributed by atoms with van der Waals surface area (Å²) in [7, 11) is 0. The highest BCUT2D eigenvalue weighted by molar-refractivity contribution is 5.96. The van der Waals surface area contributed by atoms with Crippen molar-refractivity contribution < 1.29 is 24.2 Å². The van der Waals surface area contributed by atoms with Gasteiger partial charge < -0.3 is 20.5 Å². The second-order valence-corrected chi connectivity index (χ2v) is 5.72. The van der Waals surface area contributed by atoms with Crippen LogP contribution in [0, 0.1) is 0 Å². The molecule has 0 bridgehead atoms. The Labute approximate surface area is 140 Å². The molecule has 0 spiro atoms. The number of carbonyl (C=O) groups excluding carboxylic acids is 2. The third-order valence-electron chi connectivity index (χ3n) is 3.74. The van der Waals surface area contributed by atoms with Crippen molar-refractivity contribution in [2.75, 3.05) is 18.5 Å². The lowest BCUT2D eigenvalue weighted by molar-refractivity contribution is -0.136. The van der Waals surface area contributed by atoms with Crippen LogP contribution >= 0.6 is 0 Å². The van der Waals surface area contributed by atoms with Crippen LogP contribution in [0.2, 0.25) is 0 Å². The molecule has 0 radical (unpaired) electrons. The number of hydrogen-bond donors (Lipinski definition) is 3. The Kier molecular flexibility index (Phi) is 6.74. The van der Waals surface area contributed by atoms with E-state index < -0.39 is 5.97 Å². The topological polar surface area (TPSA) is 105 Å². The molecule has 0 aromatic heterocycles. The van der Waals surface area contributed by atoms with E-state index in [1.807, 2.05) is 0 Å². The van der Waals surface area contributed by atoms with E-state index in [1.165, 1.54) is 0 Å². The minimum Gasteiger partial charge on any atom is -0.481 e. The number of carbonyl (C=O) groups is 3. The largest absolute Gasteiger partial charge is 0.481 e. The van der Waals surface area contributed by atoms with Crippen LogP contribution in [0.25, 0.3) is 0 Å². The van der Waals surface area contributed by atoms with E-state index in [2.05, 4.69) is 10.6 Å². The molecule has 1 saturated heterocycles. The Hall–Kier alpha value is -2.41. The summed E-state index contributed by atoms with van der Waals surface area (Å²) < 4.78 is 5.54. The van der Waals surface area contributed by atoms with Crippen LogP contribution in [-0.2, 0) is 14.3 Å². The molecule has 0 aliphatic carbocycles. The Morgan fingerprint density at radius 1 is 1.17 bits per heavy atom. The molecule has 1 unspecified atom stereocenters. The molecule has 1 aliphatic heterocycles. The van der Waals surface area contributed by atoms with Gasteiger partial charge in [0.05, 0.1) is 18.9 Å². The zero-order chi connectivity index (χ0) is 17.4. The smallest absolute Gasteiger partial charge is 0.305 e. The molecule has 1 aromatic rings. The van der Waals surface area contributed by atoms with E-state index in [4.69, 9.17) is 9.84 Å². The molecule has 2 amide bonds. The fourth-order valence-corrected chi connectivity index (χ4v) is 2.48. The van der Waals surface area contributed by atoms with Gasteiger partial charge in [0, 0.05) is 24.4 Å². The van der Waals surface area contributed by atoms with E-state index in [9.17, 15) is 14.4 Å².